The molecular formula is C16H19FN2O2. The van der Waals surface area contributed by atoms with Gasteiger partial charge < -0.3 is 10.6 Å². The second-order valence-electron chi connectivity index (χ2n) is 5.93. The number of hydrogen-bond donors (Lipinski definition) is 2. The van der Waals surface area contributed by atoms with Gasteiger partial charge >= 0.3 is 0 Å². The van der Waals surface area contributed by atoms with Gasteiger partial charge in [0.2, 0.25) is 11.8 Å². The molecule has 0 aliphatic heterocycles. The number of rotatable bonds is 4. The molecule has 2 aliphatic rings. The molecule has 1 aromatic carbocycles. The average molecular weight is 290 g/mol. The van der Waals surface area contributed by atoms with Crippen LogP contribution in [0.25, 0.3) is 0 Å². The van der Waals surface area contributed by atoms with Crippen LogP contribution < -0.4 is 10.6 Å². The quantitative estimate of drug-likeness (QED) is 0.895. The van der Waals surface area contributed by atoms with Gasteiger partial charge in [0.05, 0.1) is 11.8 Å². The third kappa shape index (κ3) is 3.40. The Morgan fingerprint density at radius 2 is 1.62 bits per heavy atom. The first-order chi connectivity index (χ1) is 10.1. The normalized spacial score (nSPS) is 24.6. The Morgan fingerprint density at radius 3 is 2.29 bits per heavy atom. The van der Waals surface area contributed by atoms with E-state index in [1.807, 2.05) is 0 Å². The molecule has 4 nitrogen and oxygen atoms in total. The van der Waals surface area contributed by atoms with Gasteiger partial charge in [-0.15, -0.1) is 0 Å². The largest absolute Gasteiger partial charge is 0.353 e. The Labute approximate surface area is 123 Å². The molecule has 1 aromatic rings. The fourth-order valence-corrected chi connectivity index (χ4v) is 2.92. The van der Waals surface area contributed by atoms with Crippen LogP contribution in [0.1, 0.15) is 32.1 Å². The van der Waals surface area contributed by atoms with Crippen molar-refractivity contribution in [2.75, 3.05) is 5.32 Å². The molecule has 0 radical (unpaired) electrons. The Balaban J connectivity index is 1.48. The van der Waals surface area contributed by atoms with Crippen LogP contribution in [0, 0.1) is 17.7 Å². The highest BCUT2D eigenvalue weighted by molar-refractivity contribution is 5.99. The number of carbonyl (C=O) groups is 2. The van der Waals surface area contributed by atoms with E-state index in [1.54, 1.807) is 0 Å². The minimum atomic E-state index is -0.340. The monoisotopic (exact) mass is 290 g/mol. The summed E-state index contributed by atoms with van der Waals surface area (Å²) in [4.78, 5) is 24.1. The molecule has 0 aromatic heterocycles. The van der Waals surface area contributed by atoms with Gasteiger partial charge in [-0.25, -0.2) is 4.39 Å². The predicted molar refractivity (Wildman–Crippen MR) is 77.0 cm³/mol. The summed E-state index contributed by atoms with van der Waals surface area (Å²) in [5.41, 5.74) is 0.559. The summed E-state index contributed by atoms with van der Waals surface area (Å²) in [5.74, 6) is -0.954. The first-order valence-electron chi connectivity index (χ1n) is 7.50. The lowest BCUT2D eigenvalue weighted by Gasteiger charge is -2.11. The summed E-state index contributed by atoms with van der Waals surface area (Å²) in [6, 6.07) is 5.92. The molecule has 5 heteroatoms. The number of benzene rings is 1. The van der Waals surface area contributed by atoms with Crippen molar-refractivity contribution in [3.05, 3.63) is 30.1 Å². The van der Waals surface area contributed by atoms with Crippen LogP contribution in [0.4, 0.5) is 10.1 Å². The topological polar surface area (TPSA) is 58.2 Å². The number of amides is 2. The molecule has 3 rings (SSSR count). The zero-order valence-corrected chi connectivity index (χ0v) is 11.8. The second kappa shape index (κ2) is 5.84. The van der Waals surface area contributed by atoms with Crippen LogP contribution >= 0.6 is 0 Å². The first-order valence-corrected chi connectivity index (χ1v) is 7.50. The van der Waals surface area contributed by atoms with Gasteiger partial charge in [0, 0.05) is 11.7 Å². The highest BCUT2D eigenvalue weighted by atomic mass is 19.1. The Kier molecular flexibility index (Phi) is 3.90. The molecule has 2 amide bonds. The molecular weight excluding hydrogens is 271 g/mol. The van der Waals surface area contributed by atoms with E-state index < -0.39 is 0 Å². The molecule has 112 valence electrons. The highest BCUT2D eigenvalue weighted by Crippen LogP contribution is 2.40. The zero-order chi connectivity index (χ0) is 14.8. The molecule has 0 heterocycles. The van der Waals surface area contributed by atoms with Crippen LogP contribution in [0.15, 0.2) is 24.3 Å². The average Bonchev–Trinajstić information content (AvgIpc) is 3.13. The van der Waals surface area contributed by atoms with Crippen LogP contribution in [0.2, 0.25) is 0 Å². The maximum Gasteiger partial charge on any atom is 0.228 e. The molecule has 0 bridgehead atoms. The summed E-state index contributed by atoms with van der Waals surface area (Å²) in [6.45, 7) is 0. The van der Waals surface area contributed by atoms with Crippen LogP contribution in [-0.4, -0.2) is 17.9 Å². The highest BCUT2D eigenvalue weighted by Gasteiger charge is 2.48. The standard InChI is InChI=1S/C16H19FN2O2/c17-10-5-7-12(8-6-10)19-16(21)14-9-13(14)15(20)18-11-3-1-2-4-11/h5-8,11,13-14H,1-4,9H2,(H,18,20)(H,19,21). The molecule has 21 heavy (non-hydrogen) atoms. The molecule has 0 saturated heterocycles. The van der Waals surface area contributed by atoms with Crippen LogP contribution in [-0.2, 0) is 9.59 Å². The minimum absolute atomic E-state index is 0.00107. The predicted octanol–water partition coefficient (Wildman–Crippen LogP) is 2.46. The molecule has 0 spiro atoms. The number of anilines is 1. The molecule has 2 fully saturated rings. The van der Waals surface area contributed by atoms with Gasteiger partial charge in [-0.05, 0) is 43.5 Å². The third-order valence-electron chi connectivity index (χ3n) is 4.28. The number of hydrogen-bond acceptors (Lipinski definition) is 2. The Morgan fingerprint density at radius 1 is 1.00 bits per heavy atom. The molecule has 2 saturated carbocycles. The summed E-state index contributed by atoms with van der Waals surface area (Å²) in [5, 5.41) is 5.75. The maximum absolute atomic E-state index is 12.8. The van der Waals surface area contributed by atoms with E-state index in [9.17, 15) is 14.0 Å². The van der Waals surface area contributed by atoms with Crippen molar-refractivity contribution >= 4 is 17.5 Å². The van der Waals surface area contributed by atoms with E-state index >= 15 is 0 Å². The third-order valence-corrected chi connectivity index (χ3v) is 4.28. The van der Waals surface area contributed by atoms with Gasteiger partial charge in [-0.2, -0.15) is 0 Å². The van der Waals surface area contributed by atoms with Crippen molar-refractivity contribution in [1.29, 1.82) is 0 Å². The fourth-order valence-electron chi connectivity index (χ4n) is 2.92. The van der Waals surface area contributed by atoms with E-state index in [0.717, 1.165) is 12.8 Å². The van der Waals surface area contributed by atoms with Gasteiger partial charge in [-0.3, -0.25) is 9.59 Å². The van der Waals surface area contributed by atoms with Crippen molar-refractivity contribution in [2.24, 2.45) is 11.8 Å². The molecule has 2 unspecified atom stereocenters. The zero-order valence-electron chi connectivity index (χ0n) is 11.8. The summed E-state index contributed by atoms with van der Waals surface area (Å²) in [6.07, 6.45) is 5.04. The summed E-state index contributed by atoms with van der Waals surface area (Å²) >= 11 is 0. The number of carbonyl (C=O) groups excluding carboxylic acids is 2. The van der Waals surface area contributed by atoms with Crippen molar-refractivity contribution < 1.29 is 14.0 Å². The lowest BCUT2D eigenvalue weighted by atomic mass is 10.2. The van der Waals surface area contributed by atoms with Gasteiger partial charge in [-0.1, -0.05) is 12.8 Å². The van der Waals surface area contributed by atoms with Gasteiger partial charge in [0.25, 0.3) is 0 Å². The van der Waals surface area contributed by atoms with Crippen molar-refractivity contribution in [3.63, 3.8) is 0 Å². The van der Waals surface area contributed by atoms with Crippen molar-refractivity contribution in [2.45, 2.75) is 38.1 Å². The van der Waals surface area contributed by atoms with Crippen LogP contribution in [0.3, 0.4) is 0 Å². The number of halogens is 1. The Bertz CT molecular complexity index is 538. The summed E-state index contributed by atoms with van der Waals surface area (Å²) in [7, 11) is 0. The van der Waals surface area contributed by atoms with E-state index in [4.69, 9.17) is 0 Å². The van der Waals surface area contributed by atoms with Crippen LogP contribution in [0.5, 0.6) is 0 Å². The maximum atomic E-state index is 12.8. The fraction of sp³-hybridized carbons (Fsp3) is 0.500. The lowest BCUT2D eigenvalue weighted by Crippen LogP contribution is -2.34. The first kappa shape index (κ1) is 14.0. The van der Waals surface area contributed by atoms with Crippen molar-refractivity contribution in [3.8, 4) is 0 Å². The van der Waals surface area contributed by atoms with E-state index in [-0.39, 0.29) is 29.5 Å². The lowest BCUT2D eigenvalue weighted by molar-refractivity contribution is -0.125. The number of nitrogens with one attached hydrogen (secondary N) is 2. The molecule has 2 N–H and O–H groups in total. The van der Waals surface area contributed by atoms with E-state index in [2.05, 4.69) is 10.6 Å². The molecule has 2 atom stereocenters. The Hall–Kier alpha value is -1.91. The summed E-state index contributed by atoms with van der Waals surface area (Å²) < 4.78 is 12.8. The molecule has 2 aliphatic carbocycles. The van der Waals surface area contributed by atoms with Gasteiger partial charge in [0.15, 0.2) is 0 Å². The van der Waals surface area contributed by atoms with E-state index in [1.165, 1.54) is 37.1 Å². The van der Waals surface area contributed by atoms with Crippen molar-refractivity contribution in [1.82, 2.24) is 5.32 Å². The smallest absolute Gasteiger partial charge is 0.228 e. The van der Waals surface area contributed by atoms with E-state index in [0.29, 0.717) is 18.2 Å². The van der Waals surface area contributed by atoms with Gasteiger partial charge in [0.1, 0.15) is 5.82 Å². The minimum Gasteiger partial charge on any atom is -0.353 e. The SMILES string of the molecule is O=C(Nc1ccc(F)cc1)C1CC1C(=O)NC1CCCC1. The second-order valence-corrected chi connectivity index (χ2v) is 5.93.